The Kier molecular flexibility index (Phi) is 10.6. The highest BCUT2D eigenvalue weighted by Crippen LogP contribution is 2.38. The largest absolute Gasteiger partial charge is 0.493 e. The van der Waals surface area contributed by atoms with E-state index in [-0.39, 0.29) is 33.7 Å². The third-order valence-corrected chi connectivity index (χ3v) is 9.82. The molecule has 1 fully saturated rings. The zero-order valence-electron chi connectivity index (χ0n) is 29.1. The molecule has 3 aromatic heterocycles. The molecular formula is C40H36BrF2N5O5. The minimum atomic E-state index is -0.813. The van der Waals surface area contributed by atoms with E-state index in [4.69, 9.17) is 14.2 Å². The molecule has 13 heteroatoms. The minimum Gasteiger partial charge on any atom is -0.493 e. The first kappa shape index (κ1) is 36.0. The molecule has 1 aliphatic heterocycles. The fraction of sp³-hybridized carbons (Fsp3) is 0.250. The summed E-state index contributed by atoms with van der Waals surface area (Å²) in [5.74, 6) is -0.109. The quantitative estimate of drug-likeness (QED) is 0.130. The lowest BCUT2D eigenvalue weighted by molar-refractivity contribution is 0.102. The van der Waals surface area contributed by atoms with Gasteiger partial charge in [0.05, 0.1) is 30.3 Å². The first-order chi connectivity index (χ1) is 25.7. The molecule has 6 aromatic rings. The molecular weight excluding hydrogens is 748 g/mol. The Balaban J connectivity index is 1.08. The number of anilines is 1. The number of pyridine rings is 3. The average Bonchev–Trinajstić information content (AvgIpc) is 3.15. The van der Waals surface area contributed by atoms with Gasteiger partial charge in [-0.05, 0) is 92.9 Å². The molecule has 0 aliphatic carbocycles. The van der Waals surface area contributed by atoms with Gasteiger partial charge in [-0.1, -0.05) is 22.9 Å². The minimum absolute atomic E-state index is 0.0739. The van der Waals surface area contributed by atoms with Crippen molar-refractivity contribution in [1.29, 1.82) is 0 Å². The molecule has 0 saturated carbocycles. The lowest BCUT2D eigenvalue weighted by atomic mass is 9.99. The topological polar surface area (TPSA) is 108 Å². The molecule has 0 bridgehead atoms. The Hall–Kier alpha value is -5.40. The molecule has 0 radical (unpaired) electrons. The van der Waals surface area contributed by atoms with Crippen LogP contribution in [-0.2, 0) is 0 Å². The number of piperidine rings is 1. The van der Waals surface area contributed by atoms with Gasteiger partial charge >= 0.3 is 0 Å². The van der Waals surface area contributed by atoms with Gasteiger partial charge in [0.2, 0.25) is 5.43 Å². The molecule has 272 valence electrons. The van der Waals surface area contributed by atoms with Crippen LogP contribution in [0.1, 0.15) is 36.5 Å². The van der Waals surface area contributed by atoms with E-state index in [1.807, 2.05) is 0 Å². The van der Waals surface area contributed by atoms with Gasteiger partial charge in [-0.3, -0.25) is 19.1 Å². The van der Waals surface area contributed by atoms with Gasteiger partial charge < -0.3 is 24.4 Å². The average molecular weight is 785 g/mol. The number of likely N-dealkylation sites (tertiary alicyclic amines) is 1. The van der Waals surface area contributed by atoms with Crippen LogP contribution >= 0.6 is 15.9 Å². The number of carbonyl (C=O) groups excluding carboxylic acids is 1. The van der Waals surface area contributed by atoms with E-state index < -0.39 is 23.0 Å². The molecule has 7 rings (SSSR count). The summed E-state index contributed by atoms with van der Waals surface area (Å²) in [5, 5.41) is 3.27. The highest BCUT2D eigenvalue weighted by atomic mass is 79.9. The van der Waals surface area contributed by atoms with E-state index in [1.54, 1.807) is 43.6 Å². The van der Waals surface area contributed by atoms with E-state index in [0.29, 0.717) is 39.2 Å². The van der Waals surface area contributed by atoms with Crippen LogP contribution in [0.5, 0.6) is 23.0 Å². The predicted octanol–water partition coefficient (Wildman–Crippen LogP) is 8.53. The number of methoxy groups -OCH3 is 1. The van der Waals surface area contributed by atoms with Crippen LogP contribution in [-0.4, -0.2) is 58.7 Å². The third-order valence-electron chi connectivity index (χ3n) is 9.33. The number of hydrogen-bond acceptors (Lipinski definition) is 8. The second-order valence-electron chi connectivity index (χ2n) is 13.0. The number of benzene rings is 3. The molecule has 1 N–H and O–H groups in total. The summed E-state index contributed by atoms with van der Waals surface area (Å²) >= 11 is 3.24. The number of aromatic nitrogens is 3. The molecule has 10 nitrogen and oxygen atoms in total. The van der Waals surface area contributed by atoms with Crippen molar-refractivity contribution in [2.24, 2.45) is 5.92 Å². The Bertz CT molecular complexity index is 2380. The summed E-state index contributed by atoms with van der Waals surface area (Å²) in [6.45, 7) is 6.04. The number of halogens is 3. The molecule has 1 aliphatic rings. The monoisotopic (exact) mass is 783 g/mol. The maximum absolute atomic E-state index is 15.5. The van der Waals surface area contributed by atoms with Gasteiger partial charge in [-0.15, -0.1) is 0 Å². The summed E-state index contributed by atoms with van der Waals surface area (Å²) in [5.41, 5.74) is 0.00943. The molecule has 4 heterocycles. The zero-order valence-corrected chi connectivity index (χ0v) is 30.7. The fourth-order valence-electron chi connectivity index (χ4n) is 6.41. The van der Waals surface area contributed by atoms with Crippen LogP contribution in [0.25, 0.3) is 27.6 Å². The molecule has 0 unspecified atom stereocenters. The van der Waals surface area contributed by atoms with Crippen LogP contribution in [0.3, 0.4) is 0 Å². The maximum atomic E-state index is 15.5. The van der Waals surface area contributed by atoms with E-state index >= 15 is 8.78 Å². The number of nitrogens with zero attached hydrogens (tertiary/aromatic N) is 4. The summed E-state index contributed by atoms with van der Waals surface area (Å²) < 4.78 is 50.1. The van der Waals surface area contributed by atoms with Crippen molar-refractivity contribution in [3.05, 3.63) is 117 Å². The Labute approximate surface area is 312 Å². The summed E-state index contributed by atoms with van der Waals surface area (Å²) in [7, 11) is 1.55. The maximum Gasteiger partial charge on any atom is 0.261 e. The number of hydrogen-bond donors (Lipinski definition) is 1. The lowest BCUT2D eigenvalue weighted by Crippen LogP contribution is -2.34. The first-order valence-corrected chi connectivity index (χ1v) is 18.0. The standard InChI is InChI=1S/C40H36BrF2N5O5/c1-24-11-16-47(17-12-24)15-4-18-52-37-22-32-28(21-36(37)51-2)34(10-14-44-32)53-35-9-7-26(20-31(35)43)46-40(50)29-23-48(33-8-6-25(41)19-30(33)42)39-27(38(29)49)5-3-13-45-39/h3,5-10,13-14,19-24H,4,11-12,15-18H2,1-2H3,(H,46,50). The zero-order chi connectivity index (χ0) is 37.1. The summed E-state index contributed by atoms with van der Waals surface area (Å²) in [4.78, 5) is 38.0. The second-order valence-corrected chi connectivity index (χ2v) is 13.9. The first-order valence-electron chi connectivity index (χ1n) is 17.2. The Morgan fingerprint density at radius 2 is 1.75 bits per heavy atom. The van der Waals surface area contributed by atoms with Crippen LogP contribution < -0.4 is 25.0 Å². The van der Waals surface area contributed by atoms with E-state index in [9.17, 15) is 9.59 Å². The number of nitrogens with one attached hydrogen (secondary N) is 1. The Morgan fingerprint density at radius 3 is 2.53 bits per heavy atom. The van der Waals surface area contributed by atoms with Crippen molar-refractivity contribution in [2.75, 3.05) is 38.7 Å². The number of ether oxygens (including phenoxy) is 3. The van der Waals surface area contributed by atoms with Crippen LogP contribution in [0.4, 0.5) is 14.5 Å². The highest BCUT2D eigenvalue weighted by molar-refractivity contribution is 9.10. The predicted molar refractivity (Wildman–Crippen MR) is 203 cm³/mol. The molecule has 1 saturated heterocycles. The van der Waals surface area contributed by atoms with Gasteiger partial charge in [0.25, 0.3) is 5.91 Å². The van der Waals surface area contributed by atoms with E-state index in [0.717, 1.165) is 38.0 Å². The van der Waals surface area contributed by atoms with Crippen molar-refractivity contribution >= 4 is 49.5 Å². The van der Waals surface area contributed by atoms with Gasteiger partial charge in [0.1, 0.15) is 22.8 Å². The number of carbonyl (C=O) groups is 1. The van der Waals surface area contributed by atoms with E-state index in [2.05, 4.69) is 43.0 Å². The van der Waals surface area contributed by atoms with Crippen molar-refractivity contribution in [2.45, 2.75) is 26.2 Å². The SMILES string of the molecule is COc1cc2c(Oc3ccc(NC(=O)c4cn(-c5ccc(Br)cc5F)c5ncccc5c4=O)cc3F)ccnc2cc1OCCCN1CCC(C)CC1. The summed E-state index contributed by atoms with van der Waals surface area (Å²) in [6.07, 6.45) is 7.59. The normalized spacial score (nSPS) is 13.7. The van der Waals surface area contributed by atoms with Crippen molar-refractivity contribution in [3.63, 3.8) is 0 Å². The van der Waals surface area contributed by atoms with Gasteiger partial charge in [-0.25, -0.2) is 13.8 Å². The summed E-state index contributed by atoms with van der Waals surface area (Å²) in [6, 6.07) is 16.5. The molecule has 3 aromatic carbocycles. The molecule has 53 heavy (non-hydrogen) atoms. The third kappa shape index (κ3) is 7.86. The van der Waals surface area contributed by atoms with Crippen molar-refractivity contribution in [3.8, 4) is 28.7 Å². The lowest BCUT2D eigenvalue weighted by Gasteiger charge is -2.30. The van der Waals surface area contributed by atoms with Crippen molar-refractivity contribution in [1.82, 2.24) is 19.4 Å². The van der Waals surface area contributed by atoms with Crippen LogP contribution in [0.2, 0.25) is 0 Å². The highest BCUT2D eigenvalue weighted by Gasteiger charge is 2.20. The van der Waals surface area contributed by atoms with Crippen molar-refractivity contribution < 1.29 is 27.8 Å². The second kappa shape index (κ2) is 15.7. The van der Waals surface area contributed by atoms with Gasteiger partial charge in [0, 0.05) is 52.8 Å². The number of fused-ring (bicyclic) bond motifs is 2. The van der Waals surface area contributed by atoms with Crippen LogP contribution in [0, 0.1) is 17.6 Å². The fourth-order valence-corrected chi connectivity index (χ4v) is 6.74. The number of rotatable bonds is 11. The van der Waals surface area contributed by atoms with Gasteiger partial charge in [-0.2, -0.15) is 0 Å². The smallest absolute Gasteiger partial charge is 0.261 e. The molecule has 1 amide bonds. The van der Waals surface area contributed by atoms with Gasteiger partial charge in [0.15, 0.2) is 23.1 Å². The van der Waals surface area contributed by atoms with E-state index in [1.165, 1.54) is 60.1 Å². The molecule has 0 spiro atoms. The number of amides is 1. The van der Waals surface area contributed by atoms with Crippen LogP contribution in [0.15, 0.2) is 94.6 Å². The molecule has 0 atom stereocenters. The Morgan fingerprint density at radius 1 is 0.925 bits per heavy atom.